The minimum atomic E-state index is -0.648. The molecule has 0 aliphatic carbocycles. The topological polar surface area (TPSA) is 155 Å². The van der Waals surface area contributed by atoms with Gasteiger partial charge in [0.25, 0.3) is 0 Å². The minimum Gasteiger partial charge on any atom is -0.475 e. The first kappa shape index (κ1) is 43.8. The summed E-state index contributed by atoms with van der Waals surface area (Å²) in [6, 6.07) is 15.6. The molecule has 14 heteroatoms. The number of aromatic nitrogens is 4. The third-order valence-electron chi connectivity index (χ3n) is 10.8. The molecule has 0 spiro atoms. The largest absolute Gasteiger partial charge is 0.475 e. The quantitative estimate of drug-likeness (QED) is 0.243. The van der Waals surface area contributed by atoms with E-state index in [0.29, 0.717) is 71.1 Å². The van der Waals surface area contributed by atoms with E-state index < -0.39 is 6.10 Å². The highest BCUT2D eigenvalue weighted by Crippen LogP contribution is 2.32. The second kappa shape index (κ2) is 20.5. The summed E-state index contributed by atoms with van der Waals surface area (Å²) < 4.78 is 42.2. The molecule has 0 amide bonds. The van der Waals surface area contributed by atoms with Gasteiger partial charge in [-0.25, -0.2) is 9.59 Å². The first-order chi connectivity index (χ1) is 29.6. The lowest BCUT2D eigenvalue weighted by Gasteiger charge is -2.24. The van der Waals surface area contributed by atoms with E-state index in [1.165, 1.54) is 0 Å². The summed E-state index contributed by atoms with van der Waals surface area (Å²) in [6.07, 6.45) is 0.424. The molecule has 0 saturated carbocycles. The third-order valence-corrected chi connectivity index (χ3v) is 10.8. The Morgan fingerprint density at radius 1 is 0.705 bits per heavy atom. The van der Waals surface area contributed by atoms with Crippen LogP contribution in [-0.2, 0) is 49.6 Å². The molecule has 0 radical (unpaired) electrons. The Labute approximate surface area is 356 Å². The van der Waals surface area contributed by atoms with Crippen LogP contribution in [0, 0.1) is 35.5 Å². The molecule has 8 rings (SSSR count). The standard InChI is InChI=1S/C24H28N2O5.C23H26N2O5/c1-16(2)22(28-3)7-5-17-4-6-20-18(12-17)8-9-26-21(20)13-23(25-24(26)27)31-15-19-14-29-10-11-30-19;1-15(2)21(26)6-4-16-3-5-19-17(11-16)7-8-25-20(19)12-22(24-23(25)27)30-14-18-13-28-9-10-29-18/h4,6,12-13,16,19,22H,8-11,14-15H2,1-3H3;3,5,11-12,15,18,21,26H,7-10,13-14H2,1-2H3. The number of methoxy groups -OCH3 is 1. The van der Waals surface area contributed by atoms with Gasteiger partial charge >= 0.3 is 11.4 Å². The van der Waals surface area contributed by atoms with Crippen molar-refractivity contribution in [3.63, 3.8) is 0 Å². The summed E-state index contributed by atoms with van der Waals surface area (Å²) >= 11 is 0. The molecule has 0 bridgehead atoms. The van der Waals surface area contributed by atoms with Crippen LogP contribution < -0.4 is 20.9 Å². The van der Waals surface area contributed by atoms with Crippen molar-refractivity contribution in [1.82, 2.24) is 19.1 Å². The van der Waals surface area contributed by atoms with Crippen LogP contribution in [0.25, 0.3) is 22.5 Å². The third kappa shape index (κ3) is 11.1. The number of ether oxygens (including phenoxy) is 7. The molecule has 4 unspecified atom stereocenters. The molecule has 4 aliphatic rings. The van der Waals surface area contributed by atoms with Gasteiger partial charge in [-0.15, -0.1) is 0 Å². The van der Waals surface area contributed by atoms with Gasteiger partial charge in [-0.3, -0.25) is 9.13 Å². The van der Waals surface area contributed by atoms with Crippen LogP contribution in [0.4, 0.5) is 0 Å². The minimum absolute atomic E-state index is 0.0883. The van der Waals surface area contributed by atoms with Crippen molar-refractivity contribution in [3.8, 4) is 58.0 Å². The summed E-state index contributed by atoms with van der Waals surface area (Å²) in [5, 5.41) is 9.91. The van der Waals surface area contributed by atoms with Gasteiger partial charge in [0, 0.05) is 54.6 Å². The molecular weight excluding hydrogens is 781 g/mol. The highest BCUT2D eigenvalue weighted by Gasteiger charge is 2.23. The number of aryl methyl sites for hydroxylation is 2. The summed E-state index contributed by atoms with van der Waals surface area (Å²) in [7, 11) is 1.68. The van der Waals surface area contributed by atoms with Gasteiger partial charge in [0.1, 0.15) is 37.6 Å². The van der Waals surface area contributed by atoms with E-state index >= 15 is 0 Å². The number of rotatable bonds is 9. The Morgan fingerprint density at radius 2 is 1.20 bits per heavy atom. The normalized spacial score (nSPS) is 18.6. The number of hydrogen-bond acceptors (Lipinski definition) is 12. The molecule has 4 atom stereocenters. The van der Waals surface area contributed by atoms with Crippen molar-refractivity contribution < 1.29 is 38.3 Å². The number of aliphatic hydroxyl groups is 1. The molecule has 1 N–H and O–H groups in total. The van der Waals surface area contributed by atoms with Crippen LogP contribution in [0.3, 0.4) is 0 Å². The molecule has 2 aromatic heterocycles. The second-order valence-corrected chi connectivity index (χ2v) is 16.0. The lowest BCUT2D eigenvalue weighted by Crippen LogP contribution is -2.34. The van der Waals surface area contributed by atoms with Crippen molar-refractivity contribution in [2.24, 2.45) is 11.8 Å². The van der Waals surface area contributed by atoms with Crippen LogP contribution in [-0.4, -0.2) is 109 Å². The summed E-state index contributed by atoms with van der Waals surface area (Å²) in [6.45, 7) is 13.0. The van der Waals surface area contributed by atoms with E-state index in [2.05, 4.69) is 53.6 Å². The Morgan fingerprint density at radius 3 is 1.62 bits per heavy atom. The fourth-order valence-electron chi connectivity index (χ4n) is 7.32. The van der Waals surface area contributed by atoms with E-state index in [1.54, 1.807) is 22.3 Å². The molecule has 4 aromatic rings. The van der Waals surface area contributed by atoms with Crippen LogP contribution in [0.1, 0.15) is 49.9 Å². The second-order valence-electron chi connectivity index (χ2n) is 16.0. The number of hydrogen-bond donors (Lipinski definition) is 1. The zero-order valence-corrected chi connectivity index (χ0v) is 35.5. The average Bonchev–Trinajstić information content (AvgIpc) is 3.27. The molecule has 4 aliphatic heterocycles. The van der Waals surface area contributed by atoms with Crippen molar-refractivity contribution >= 4 is 0 Å². The lowest BCUT2D eigenvalue weighted by atomic mass is 9.95. The summed E-state index contributed by atoms with van der Waals surface area (Å²) in [5.74, 6) is 13.4. The van der Waals surface area contributed by atoms with E-state index in [1.807, 2.05) is 50.2 Å². The average molecular weight is 835 g/mol. The lowest BCUT2D eigenvalue weighted by molar-refractivity contribution is -0.102. The molecule has 14 nitrogen and oxygen atoms in total. The number of benzene rings is 2. The zero-order valence-electron chi connectivity index (χ0n) is 35.5. The predicted octanol–water partition coefficient (Wildman–Crippen LogP) is 3.91. The first-order valence-electron chi connectivity index (χ1n) is 20.9. The smallest absolute Gasteiger partial charge is 0.351 e. The maximum Gasteiger partial charge on any atom is 0.351 e. The Kier molecular flexibility index (Phi) is 14.7. The fourth-order valence-corrected chi connectivity index (χ4v) is 7.32. The van der Waals surface area contributed by atoms with E-state index in [9.17, 15) is 14.7 Å². The SMILES string of the molecule is CC(C)C(O)C#Cc1ccc2c(c1)CCn1c-2cc(OCC2COCCO2)nc1=O.COC(C#Cc1ccc2c(c1)CCn1c-2cc(OCC2COCCO2)nc1=O)C(C)C. The van der Waals surface area contributed by atoms with E-state index in [-0.39, 0.29) is 48.1 Å². The van der Waals surface area contributed by atoms with Gasteiger partial charge in [-0.2, -0.15) is 9.97 Å². The molecule has 2 fully saturated rings. The summed E-state index contributed by atoms with van der Waals surface area (Å²) in [5.41, 5.74) is 7.01. The molecule has 2 saturated heterocycles. The molecule has 61 heavy (non-hydrogen) atoms. The first-order valence-corrected chi connectivity index (χ1v) is 20.9. The summed E-state index contributed by atoms with van der Waals surface area (Å²) in [4.78, 5) is 33.2. The Bertz CT molecular complexity index is 2410. The van der Waals surface area contributed by atoms with E-state index in [4.69, 9.17) is 33.2 Å². The molecule has 2 aromatic carbocycles. The number of aliphatic hydroxyl groups excluding tert-OH is 1. The number of nitrogens with zero attached hydrogens (tertiary/aromatic N) is 4. The predicted molar refractivity (Wildman–Crippen MR) is 228 cm³/mol. The zero-order chi connectivity index (χ0) is 42.9. The maximum absolute atomic E-state index is 12.6. The van der Waals surface area contributed by atoms with Gasteiger partial charge in [0.05, 0.1) is 51.0 Å². The highest BCUT2D eigenvalue weighted by molar-refractivity contribution is 5.69. The molecular formula is C47H54N4O10. The highest BCUT2D eigenvalue weighted by atomic mass is 16.6. The van der Waals surface area contributed by atoms with Gasteiger partial charge in [-0.1, -0.05) is 63.5 Å². The Hall–Kier alpha value is -5.32. The van der Waals surface area contributed by atoms with Gasteiger partial charge < -0.3 is 38.3 Å². The van der Waals surface area contributed by atoms with E-state index in [0.717, 1.165) is 57.6 Å². The van der Waals surface area contributed by atoms with Crippen molar-refractivity contribution in [1.29, 1.82) is 0 Å². The van der Waals surface area contributed by atoms with Crippen molar-refractivity contribution in [3.05, 3.63) is 91.8 Å². The van der Waals surface area contributed by atoms with Gasteiger partial charge in [-0.05, 0) is 60.1 Å². The monoisotopic (exact) mass is 834 g/mol. The van der Waals surface area contributed by atoms with Crippen LogP contribution in [0.15, 0.2) is 58.1 Å². The molecule has 322 valence electrons. The Balaban J connectivity index is 0.000000184. The van der Waals surface area contributed by atoms with Gasteiger partial charge in [0.2, 0.25) is 11.8 Å². The van der Waals surface area contributed by atoms with Crippen LogP contribution in [0.2, 0.25) is 0 Å². The fraction of sp³-hybridized carbons (Fsp3) is 0.489. The van der Waals surface area contributed by atoms with Crippen molar-refractivity contribution in [2.75, 3.05) is 60.0 Å². The van der Waals surface area contributed by atoms with Crippen LogP contribution in [0.5, 0.6) is 11.8 Å². The van der Waals surface area contributed by atoms with Crippen molar-refractivity contribution in [2.45, 2.75) is 78.0 Å². The number of fused-ring (bicyclic) bond motifs is 6. The van der Waals surface area contributed by atoms with Gasteiger partial charge in [0.15, 0.2) is 0 Å². The van der Waals surface area contributed by atoms with Crippen LogP contribution >= 0.6 is 0 Å². The molecule has 6 heterocycles. The maximum atomic E-state index is 12.6.